The van der Waals surface area contributed by atoms with Crippen molar-refractivity contribution in [1.29, 1.82) is 0 Å². The predicted octanol–water partition coefficient (Wildman–Crippen LogP) is 5.35. The van der Waals surface area contributed by atoms with Crippen LogP contribution in [0.15, 0.2) is 42.5 Å². The third kappa shape index (κ3) is 3.65. The van der Waals surface area contributed by atoms with Gasteiger partial charge in [-0.15, -0.1) is 11.3 Å². The lowest BCUT2D eigenvalue weighted by Gasteiger charge is -2.19. The van der Waals surface area contributed by atoms with E-state index >= 15 is 0 Å². The van der Waals surface area contributed by atoms with Crippen molar-refractivity contribution in [3.05, 3.63) is 47.3 Å². The van der Waals surface area contributed by atoms with E-state index in [1.165, 1.54) is 28.2 Å². The largest absolute Gasteiger partial charge is 0.504 e. The first-order valence-corrected chi connectivity index (χ1v) is 10.2. The average molecular weight is 381 g/mol. The van der Waals surface area contributed by atoms with Crippen molar-refractivity contribution in [2.75, 3.05) is 25.1 Å². The number of phenols is 1. The Kier molecular flexibility index (Phi) is 5.03. The number of thiophene rings is 1. The molecular weight excluding hydrogens is 356 g/mol. The summed E-state index contributed by atoms with van der Waals surface area (Å²) < 4.78 is 5.28. The summed E-state index contributed by atoms with van der Waals surface area (Å²) in [4.78, 5) is 9.95. The molecule has 0 unspecified atom stereocenters. The summed E-state index contributed by atoms with van der Waals surface area (Å²) in [5.74, 6) is 1.63. The number of rotatable bonds is 5. The van der Waals surface area contributed by atoms with E-state index < -0.39 is 0 Å². The van der Waals surface area contributed by atoms with E-state index in [1.807, 2.05) is 23.5 Å². The smallest absolute Gasteiger partial charge is 0.161 e. The summed E-state index contributed by atoms with van der Waals surface area (Å²) in [7, 11) is 1.57. The number of phenolic OH excluding ortho intramolecular Hbond substituents is 1. The van der Waals surface area contributed by atoms with Crippen molar-refractivity contribution in [2.24, 2.45) is 0 Å². The third-order valence-electron chi connectivity index (χ3n) is 5.01. The van der Waals surface area contributed by atoms with Crippen molar-refractivity contribution >= 4 is 17.2 Å². The molecule has 0 radical (unpaired) electrons. The number of hydrogen-bond acceptors (Lipinski definition) is 5. The quantitative estimate of drug-likeness (QED) is 0.648. The summed E-state index contributed by atoms with van der Waals surface area (Å²) in [5, 5.41) is 9.92. The van der Waals surface area contributed by atoms with E-state index in [0.29, 0.717) is 5.75 Å². The molecule has 0 amide bonds. The molecule has 1 saturated heterocycles. The average Bonchev–Trinajstić information content (AvgIpc) is 3.40. The van der Waals surface area contributed by atoms with Crippen LogP contribution in [0.4, 0.5) is 5.82 Å². The number of aryl methyl sites for hydroxylation is 1. The highest BCUT2D eigenvalue weighted by molar-refractivity contribution is 7.15. The van der Waals surface area contributed by atoms with Gasteiger partial charge in [-0.3, -0.25) is 0 Å². The number of aromatic hydroxyl groups is 1. The summed E-state index contributed by atoms with van der Waals surface area (Å²) in [6.07, 6.45) is 3.48. The molecule has 140 valence electrons. The Morgan fingerprint density at radius 3 is 2.59 bits per heavy atom. The molecule has 4 rings (SSSR count). The molecule has 0 spiro atoms. The van der Waals surface area contributed by atoms with Gasteiger partial charge in [0.1, 0.15) is 5.82 Å². The maximum absolute atomic E-state index is 9.92. The molecule has 27 heavy (non-hydrogen) atoms. The number of aromatic nitrogens is 1. The molecule has 3 aromatic rings. The van der Waals surface area contributed by atoms with Crippen LogP contribution in [0.3, 0.4) is 0 Å². The van der Waals surface area contributed by atoms with Crippen molar-refractivity contribution in [3.8, 4) is 33.2 Å². The Bertz CT molecular complexity index is 945. The third-order valence-corrected chi connectivity index (χ3v) is 6.29. The molecule has 0 bridgehead atoms. The second-order valence-corrected chi connectivity index (χ2v) is 7.97. The molecule has 0 aliphatic carbocycles. The van der Waals surface area contributed by atoms with E-state index in [1.54, 1.807) is 13.2 Å². The van der Waals surface area contributed by atoms with E-state index in [-0.39, 0.29) is 5.75 Å². The van der Waals surface area contributed by atoms with Crippen LogP contribution in [-0.4, -0.2) is 30.3 Å². The van der Waals surface area contributed by atoms with Crippen LogP contribution in [0.1, 0.15) is 24.6 Å². The van der Waals surface area contributed by atoms with Gasteiger partial charge in [0, 0.05) is 28.4 Å². The fourth-order valence-corrected chi connectivity index (χ4v) is 4.41. The lowest BCUT2D eigenvalue weighted by molar-refractivity contribution is 0.373. The maximum Gasteiger partial charge on any atom is 0.161 e. The normalized spacial score (nSPS) is 13.9. The predicted molar refractivity (Wildman–Crippen MR) is 112 cm³/mol. The SMILES string of the molecule is CCc1ccc(-c2cc(-c3ccc(O)c(OC)c3)nc(N3CCCC3)c2)s1. The monoisotopic (exact) mass is 380 g/mol. The van der Waals surface area contributed by atoms with Crippen LogP contribution in [-0.2, 0) is 6.42 Å². The van der Waals surface area contributed by atoms with Gasteiger partial charge in [0.05, 0.1) is 12.8 Å². The highest BCUT2D eigenvalue weighted by Gasteiger charge is 2.17. The van der Waals surface area contributed by atoms with Crippen LogP contribution in [0.5, 0.6) is 11.5 Å². The molecule has 1 fully saturated rings. The van der Waals surface area contributed by atoms with Crippen LogP contribution in [0, 0.1) is 0 Å². The second-order valence-electron chi connectivity index (χ2n) is 6.80. The molecule has 5 heteroatoms. The molecule has 4 nitrogen and oxygen atoms in total. The van der Waals surface area contributed by atoms with Gasteiger partial charge in [0.2, 0.25) is 0 Å². The summed E-state index contributed by atoms with van der Waals surface area (Å²) in [6.45, 7) is 4.30. The van der Waals surface area contributed by atoms with Gasteiger partial charge in [-0.2, -0.15) is 0 Å². The number of anilines is 1. The molecule has 0 saturated carbocycles. The molecule has 2 aromatic heterocycles. The van der Waals surface area contributed by atoms with Gasteiger partial charge in [0.15, 0.2) is 11.5 Å². The highest BCUT2D eigenvalue weighted by Crippen LogP contribution is 2.36. The minimum absolute atomic E-state index is 0.142. The first kappa shape index (κ1) is 17.9. The van der Waals surface area contributed by atoms with E-state index in [2.05, 4.69) is 36.1 Å². The highest BCUT2D eigenvalue weighted by atomic mass is 32.1. The van der Waals surface area contributed by atoms with Crippen molar-refractivity contribution < 1.29 is 9.84 Å². The minimum Gasteiger partial charge on any atom is -0.504 e. The Balaban J connectivity index is 1.82. The Morgan fingerprint density at radius 2 is 1.89 bits per heavy atom. The van der Waals surface area contributed by atoms with Crippen LogP contribution in [0.2, 0.25) is 0 Å². The van der Waals surface area contributed by atoms with Crippen LogP contribution < -0.4 is 9.64 Å². The van der Waals surface area contributed by atoms with Crippen molar-refractivity contribution in [3.63, 3.8) is 0 Å². The molecule has 1 aromatic carbocycles. The number of hydrogen-bond donors (Lipinski definition) is 1. The van der Waals surface area contributed by atoms with E-state index in [9.17, 15) is 5.11 Å². The molecule has 3 heterocycles. The van der Waals surface area contributed by atoms with Crippen molar-refractivity contribution in [2.45, 2.75) is 26.2 Å². The van der Waals surface area contributed by atoms with Crippen LogP contribution in [0.25, 0.3) is 21.7 Å². The van der Waals surface area contributed by atoms with Gasteiger partial charge in [-0.05, 0) is 67.3 Å². The zero-order chi connectivity index (χ0) is 18.8. The Labute approximate surface area is 164 Å². The molecule has 1 aliphatic heterocycles. The fourth-order valence-electron chi connectivity index (χ4n) is 3.47. The first-order chi connectivity index (χ1) is 13.2. The number of benzene rings is 1. The van der Waals surface area contributed by atoms with Crippen LogP contribution >= 0.6 is 11.3 Å². The minimum atomic E-state index is 0.142. The number of nitrogens with zero attached hydrogens (tertiary/aromatic N) is 2. The van der Waals surface area contributed by atoms with E-state index in [4.69, 9.17) is 9.72 Å². The van der Waals surface area contributed by atoms with Gasteiger partial charge < -0.3 is 14.7 Å². The molecule has 1 aliphatic rings. The van der Waals surface area contributed by atoms with Gasteiger partial charge in [-0.1, -0.05) is 6.92 Å². The summed E-state index contributed by atoms with van der Waals surface area (Å²) in [5.41, 5.74) is 3.04. The van der Waals surface area contributed by atoms with Gasteiger partial charge in [-0.25, -0.2) is 4.98 Å². The lowest BCUT2D eigenvalue weighted by Crippen LogP contribution is -2.19. The Morgan fingerprint density at radius 1 is 1.07 bits per heavy atom. The molecular formula is C22H24N2O2S. The zero-order valence-electron chi connectivity index (χ0n) is 15.7. The number of pyridine rings is 1. The van der Waals surface area contributed by atoms with Gasteiger partial charge >= 0.3 is 0 Å². The molecule has 0 atom stereocenters. The summed E-state index contributed by atoms with van der Waals surface area (Å²) in [6, 6.07) is 14.2. The van der Waals surface area contributed by atoms with Crippen molar-refractivity contribution in [1.82, 2.24) is 4.98 Å². The lowest BCUT2D eigenvalue weighted by atomic mass is 10.1. The number of methoxy groups -OCH3 is 1. The maximum atomic E-state index is 9.92. The Hall–Kier alpha value is -2.53. The standard InChI is InChI=1S/C22H24N2O2S/c1-3-17-7-9-21(27-17)16-12-18(15-6-8-19(25)20(13-15)26-2)23-22(14-16)24-10-4-5-11-24/h6-9,12-14,25H,3-5,10-11H2,1-2H3. The second kappa shape index (κ2) is 7.61. The fraction of sp³-hybridized carbons (Fsp3) is 0.318. The zero-order valence-corrected chi connectivity index (χ0v) is 16.6. The molecule has 1 N–H and O–H groups in total. The van der Waals surface area contributed by atoms with Gasteiger partial charge in [0.25, 0.3) is 0 Å². The first-order valence-electron chi connectivity index (χ1n) is 9.41. The van der Waals surface area contributed by atoms with E-state index in [0.717, 1.165) is 36.6 Å². The summed E-state index contributed by atoms with van der Waals surface area (Å²) >= 11 is 1.84. The number of ether oxygens (including phenoxy) is 1. The topological polar surface area (TPSA) is 45.6 Å².